The minimum atomic E-state index is -4.02. The van der Waals surface area contributed by atoms with E-state index in [1.807, 2.05) is 13.0 Å². The number of hydrogen-bond donors (Lipinski definition) is 4. The Morgan fingerprint density at radius 3 is 2.29 bits per heavy atom. The Labute approximate surface area is 205 Å². The molecular formula is C26H29N3O5S. The van der Waals surface area contributed by atoms with Crippen LogP contribution < -0.4 is 15.4 Å². The van der Waals surface area contributed by atoms with Crippen LogP contribution in [0.5, 0.6) is 0 Å². The molecule has 35 heavy (non-hydrogen) atoms. The van der Waals surface area contributed by atoms with Crippen molar-refractivity contribution >= 4 is 27.7 Å². The van der Waals surface area contributed by atoms with Crippen molar-refractivity contribution in [2.45, 2.75) is 37.1 Å². The van der Waals surface area contributed by atoms with Crippen molar-refractivity contribution in [2.75, 3.05) is 11.9 Å². The average Bonchev–Trinajstić information content (AvgIpc) is 2.84. The number of unbranched alkanes of at least 4 members (excludes halogenated alkanes) is 1. The first-order chi connectivity index (χ1) is 16.8. The largest absolute Gasteiger partial charge is 0.481 e. The summed E-state index contributed by atoms with van der Waals surface area (Å²) in [5.74, 6) is -1.11. The van der Waals surface area contributed by atoms with Crippen molar-refractivity contribution in [1.29, 1.82) is 0 Å². The number of benzene rings is 3. The number of carboxylic acid groups (broad SMARTS) is 1. The minimum absolute atomic E-state index is 0.0111. The van der Waals surface area contributed by atoms with Crippen molar-refractivity contribution in [3.63, 3.8) is 0 Å². The van der Waals surface area contributed by atoms with Crippen LogP contribution in [-0.4, -0.2) is 32.1 Å². The van der Waals surface area contributed by atoms with Gasteiger partial charge in [0.25, 0.3) is 0 Å². The lowest BCUT2D eigenvalue weighted by Gasteiger charge is -2.18. The number of amides is 2. The Balaban J connectivity index is 1.81. The molecule has 184 valence electrons. The highest BCUT2D eigenvalue weighted by atomic mass is 32.2. The fourth-order valence-electron chi connectivity index (χ4n) is 3.52. The van der Waals surface area contributed by atoms with Gasteiger partial charge in [0, 0.05) is 12.2 Å². The zero-order chi connectivity index (χ0) is 25.3. The number of carbonyl (C=O) groups excluding carboxylic acids is 1. The fraction of sp³-hybridized carbons (Fsp3) is 0.231. The van der Waals surface area contributed by atoms with E-state index in [2.05, 4.69) is 15.4 Å². The molecule has 2 amide bonds. The first-order valence-electron chi connectivity index (χ1n) is 11.3. The van der Waals surface area contributed by atoms with Crippen LogP contribution in [0.25, 0.3) is 11.1 Å². The minimum Gasteiger partial charge on any atom is -0.481 e. The maximum absolute atomic E-state index is 13.1. The highest BCUT2D eigenvalue weighted by molar-refractivity contribution is 7.89. The van der Waals surface area contributed by atoms with Gasteiger partial charge in [-0.2, -0.15) is 0 Å². The van der Waals surface area contributed by atoms with Crippen LogP contribution in [0.3, 0.4) is 0 Å². The van der Waals surface area contributed by atoms with Crippen molar-refractivity contribution in [2.24, 2.45) is 0 Å². The zero-order valence-corrected chi connectivity index (χ0v) is 20.2. The average molecular weight is 496 g/mol. The molecule has 0 heterocycles. The zero-order valence-electron chi connectivity index (χ0n) is 19.4. The number of carbonyl (C=O) groups is 2. The van der Waals surface area contributed by atoms with Gasteiger partial charge in [-0.05, 0) is 47.4 Å². The smallest absolute Gasteiger partial charge is 0.319 e. The third-order valence-electron chi connectivity index (χ3n) is 5.29. The molecule has 8 nitrogen and oxygen atoms in total. The summed E-state index contributed by atoms with van der Waals surface area (Å²) in [7, 11) is -4.02. The molecule has 0 aliphatic rings. The second kappa shape index (κ2) is 12.1. The molecule has 1 atom stereocenters. The van der Waals surface area contributed by atoms with E-state index < -0.39 is 28.5 Å². The summed E-state index contributed by atoms with van der Waals surface area (Å²) in [5.41, 5.74) is 2.50. The van der Waals surface area contributed by atoms with E-state index in [0.29, 0.717) is 23.4 Å². The Bertz CT molecular complexity index is 1260. The van der Waals surface area contributed by atoms with Crippen LogP contribution in [-0.2, 0) is 14.8 Å². The first kappa shape index (κ1) is 25.9. The van der Waals surface area contributed by atoms with Gasteiger partial charge in [-0.3, -0.25) is 4.79 Å². The molecule has 0 unspecified atom stereocenters. The maximum atomic E-state index is 13.1. The Morgan fingerprint density at radius 2 is 1.60 bits per heavy atom. The lowest BCUT2D eigenvalue weighted by atomic mass is 10.1. The van der Waals surface area contributed by atoms with E-state index >= 15 is 0 Å². The van der Waals surface area contributed by atoms with Crippen molar-refractivity contribution in [3.8, 4) is 11.1 Å². The highest BCUT2D eigenvalue weighted by Gasteiger charge is 2.24. The summed E-state index contributed by atoms with van der Waals surface area (Å²) in [6.07, 6.45) is 1.48. The summed E-state index contributed by atoms with van der Waals surface area (Å²) >= 11 is 0. The fourth-order valence-corrected chi connectivity index (χ4v) is 4.79. The van der Waals surface area contributed by atoms with E-state index in [4.69, 9.17) is 0 Å². The van der Waals surface area contributed by atoms with Crippen molar-refractivity contribution in [1.82, 2.24) is 10.0 Å². The number of anilines is 1. The maximum Gasteiger partial charge on any atom is 0.319 e. The molecule has 0 radical (unpaired) electrons. The summed E-state index contributed by atoms with van der Waals surface area (Å²) in [6, 6.07) is 20.8. The van der Waals surface area contributed by atoms with Crippen LogP contribution in [0.4, 0.5) is 10.5 Å². The van der Waals surface area contributed by atoms with Gasteiger partial charge < -0.3 is 15.7 Å². The molecule has 9 heteroatoms. The summed E-state index contributed by atoms with van der Waals surface area (Å²) in [6.45, 7) is 2.63. The predicted octanol–water partition coefficient (Wildman–Crippen LogP) is 4.77. The third kappa shape index (κ3) is 7.66. The lowest BCUT2D eigenvalue weighted by Crippen LogP contribution is -2.30. The standard InChI is InChI=1S/C26H29N3O5S/c1-2-3-15-27-26(32)28-22-13-7-11-20(16-22)21-12-8-14-23(17-21)35(33,34)29-24(18-25(30)31)19-9-5-4-6-10-19/h4-14,16-17,24,29H,2-3,15,18H2,1H3,(H,30,31)(H2,27,28,32)/t24-/m1/s1. The number of aliphatic carboxylic acids is 1. The molecule has 0 spiro atoms. The summed E-state index contributed by atoms with van der Waals surface area (Å²) in [5, 5.41) is 14.9. The van der Waals surface area contributed by atoms with Gasteiger partial charge in [-0.25, -0.2) is 17.9 Å². The van der Waals surface area contributed by atoms with E-state index in [-0.39, 0.29) is 10.9 Å². The lowest BCUT2D eigenvalue weighted by molar-refractivity contribution is -0.137. The third-order valence-corrected chi connectivity index (χ3v) is 6.76. The van der Waals surface area contributed by atoms with Gasteiger partial charge >= 0.3 is 12.0 Å². The quantitative estimate of drug-likeness (QED) is 0.285. The van der Waals surface area contributed by atoms with E-state index in [1.54, 1.807) is 60.7 Å². The second-order valence-electron chi connectivity index (χ2n) is 8.03. The summed E-state index contributed by atoms with van der Waals surface area (Å²) in [4.78, 5) is 23.4. The molecule has 3 rings (SSSR count). The van der Waals surface area contributed by atoms with Gasteiger partial charge in [0.2, 0.25) is 10.0 Å². The SMILES string of the molecule is CCCCNC(=O)Nc1cccc(-c2cccc(S(=O)(=O)N[C@H](CC(=O)O)c3ccccc3)c2)c1. The normalized spacial score (nSPS) is 12.0. The number of carboxylic acids is 1. The molecule has 0 saturated carbocycles. The van der Waals surface area contributed by atoms with Crippen LogP contribution >= 0.6 is 0 Å². The molecular weight excluding hydrogens is 466 g/mol. The van der Waals surface area contributed by atoms with Gasteiger partial charge in [0.1, 0.15) is 0 Å². The van der Waals surface area contributed by atoms with E-state index in [0.717, 1.165) is 18.4 Å². The van der Waals surface area contributed by atoms with E-state index in [1.165, 1.54) is 12.1 Å². The number of hydrogen-bond acceptors (Lipinski definition) is 4. The van der Waals surface area contributed by atoms with Crippen LogP contribution in [0.2, 0.25) is 0 Å². The monoisotopic (exact) mass is 495 g/mol. The number of sulfonamides is 1. The topological polar surface area (TPSA) is 125 Å². The highest BCUT2D eigenvalue weighted by Crippen LogP contribution is 2.26. The first-order valence-corrected chi connectivity index (χ1v) is 12.8. The van der Waals surface area contributed by atoms with Gasteiger partial charge in [0.05, 0.1) is 17.4 Å². The van der Waals surface area contributed by atoms with Crippen molar-refractivity contribution < 1.29 is 23.1 Å². The summed E-state index contributed by atoms with van der Waals surface area (Å²) < 4.78 is 28.8. The Kier molecular flexibility index (Phi) is 8.99. The Hall–Kier alpha value is -3.69. The molecule has 0 saturated heterocycles. The molecule has 0 bridgehead atoms. The molecule has 0 aliphatic carbocycles. The number of nitrogens with one attached hydrogen (secondary N) is 3. The second-order valence-corrected chi connectivity index (χ2v) is 9.74. The van der Waals surface area contributed by atoms with Gasteiger partial charge in [0.15, 0.2) is 0 Å². The number of rotatable bonds is 11. The molecule has 4 N–H and O–H groups in total. The van der Waals surface area contributed by atoms with Gasteiger partial charge in [-0.15, -0.1) is 0 Å². The van der Waals surface area contributed by atoms with Crippen LogP contribution in [0, 0.1) is 0 Å². The molecule has 0 aromatic heterocycles. The predicted molar refractivity (Wildman–Crippen MR) is 136 cm³/mol. The molecule has 3 aromatic rings. The van der Waals surface area contributed by atoms with E-state index in [9.17, 15) is 23.1 Å². The molecule has 0 fully saturated rings. The number of urea groups is 1. The van der Waals surface area contributed by atoms with Crippen LogP contribution in [0.1, 0.15) is 37.8 Å². The Morgan fingerprint density at radius 1 is 0.914 bits per heavy atom. The van der Waals surface area contributed by atoms with Gasteiger partial charge in [-0.1, -0.05) is 67.9 Å². The van der Waals surface area contributed by atoms with Crippen LogP contribution in [0.15, 0.2) is 83.8 Å². The van der Waals surface area contributed by atoms with Crippen molar-refractivity contribution in [3.05, 3.63) is 84.4 Å². The molecule has 3 aromatic carbocycles. The molecule has 0 aliphatic heterocycles.